The summed E-state index contributed by atoms with van der Waals surface area (Å²) >= 11 is 9.27. The molecule has 1 unspecified atom stereocenters. The van der Waals surface area contributed by atoms with Gasteiger partial charge in [-0.1, -0.05) is 29.8 Å². The zero-order valence-electron chi connectivity index (χ0n) is 16.5. The summed E-state index contributed by atoms with van der Waals surface area (Å²) in [5, 5.41) is 4.39. The zero-order chi connectivity index (χ0) is 21.0. The Bertz CT molecular complexity index is 1000. The molecule has 1 atom stereocenters. The van der Waals surface area contributed by atoms with Crippen LogP contribution >= 0.6 is 27.5 Å². The molecule has 0 fully saturated rings. The molecule has 0 bridgehead atoms. The van der Waals surface area contributed by atoms with Crippen LogP contribution in [0.25, 0.3) is 10.9 Å². The Morgan fingerprint density at radius 3 is 2.83 bits per heavy atom. The van der Waals surface area contributed by atoms with Gasteiger partial charge in [0.15, 0.2) is 0 Å². The number of carbonyl (C=O) groups is 1. The van der Waals surface area contributed by atoms with Crippen molar-refractivity contribution in [3.8, 4) is 5.75 Å². The molecule has 8 heteroatoms. The first-order valence-corrected chi connectivity index (χ1v) is 10.4. The summed E-state index contributed by atoms with van der Waals surface area (Å²) in [6.45, 7) is 5.73. The molecule has 2 N–H and O–H groups in total. The summed E-state index contributed by atoms with van der Waals surface area (Å²) in [4.78, 5) is 19.7. The predicted octanol–water partition coefficient (Wildman–Crippen LogP) is 5.49. The smallest absolute Gasteiger partial charge is 0.408 e. The lowest BCUT2D eigenvalue weighted by atomic mass is 10.1. The van der Waals surface area contributed by atoms with Crippen LogP contribution in [-0.2, 0) is 11.2 Å². The van der Waals surface area contributed by atoms with Crippen molar-refractivity contribution >= 4 is 44.5 Å². The molecule has 3 rings (SSSR count). The highest BCUT2D eigenvalue weighted by Crippen LogP contribution is 2.25. The van der Waals surface area contributed by atoms with Crippen molar-refractivity contribution in [1.29, 1.82) is 0 Å². The molecule has 0 aliphatic rings. The minimum atomic E-state index is -0.582. The number of hydrogen-bond acceptors (Lipinski definition) is 4. The summed E-state index contributed by atoms with van der Waals surface area (Å²) in [5.74, 6) is 0.552. The van der Waals surface area contributed by atoms with Crippen molar-refractivity contribution < 1.29 is 14.3 Å². The van der Waals surface area contributed by atoms with E-state index in [1.807, 2.05) is 51.2 Å². The number of fused-ring (bicyclic) bond motifs is 1. The lowest BCUT2D eigenvalue weighted by molar-refractivity contribution is 0.0488. The second kappa shape index (κ2) is 9.05. The predicted molar refractivity (Wildman–Crippen MR) is 118 cm³/mol. The third kappa shape index (κ3) is 6.11. The van der Waals surface area contributed by atoms with Crippen LogP contribution in [0.15, 0.2) is 47.2 Å². The number of carbonyl (C=O) groups excluding carboxylic acids is 1. The molecule has 6 nitrogen and oxygen atoms in total. The molecule has 0 saturated heterocycles. The number of amides is 1. The van der Waals surface area contributed by atoms with Gasteiger partial charge in [-0.25, -0.2) is 9.78 Å². The summed E-state index contributed by atoms with van der Waals surface area (Å²) in [6.07, 6.45) is 3.59. The van der Waals surface area contributed by atoms with Crippen LogP contribution in [0.1, 0.15) is 26.3 Å². The second-order valence-corrected chi connectivity index (χ2v) is 8.87. The molecule has 2 heterocycles. The van der Waals surface area contributed by atoms with Gasteiger partial charge in [-0.3, -0.25) is 0 Å². The topological polar surface area (TPSA) is 76.2 Å². The van der Waals surface area contributed by atoms with Crippen molar-refractivity contribution in [2.75, 3.05) is 6.61 Å². The Kier molecular flexibility index (Phi) is 6.70. The molecule has 0 spiro atoms. The average Bonchev–Trinajstić information content (AvgIpc) is 3.04. The van der Waals surface area contributed by atoms with E-state index in [0.29, 0.717) is 21.8 Å². The fourth-order valence-corrected chi connectivity index (χ4v) is 3.30. The van der Waals surface area contributed by atoms with Gasteiger partial charge in [0.2, 0.25) is 0 Å². The molecule has 0 radical (unpaired) electrons. The van der Waals surface area contributed by atoms with Crippen molar-refractivity contribution in [3.63, 3.8) is 0 Å². The van der Waals surface area contributed by atoms with Crippen LogP contribution in [0, 0.1) is 0 Å². The van der Waals surface area contributed by atoms with Crippen LogP contribution in [0.2, 0.25) is 5.15 Å². The highest BCUT2D eigenvalue weighted by molar-refractivity contribution is 9.10. The number of nitrogens with one attached hydrogen (secondary N) is 2. The molecule has 2 aromatic heterocycles. The Morgan fingerprint density at radius 2 is 2.10 bits per heavy atom. The van der Waals surface area contributed by atoms with E-state index in [2.05, 4.69) is 31.2 Å². The van der Waals surface area contributed by atoms with E-state index in [1.54, 1.807) is 12.3 Å². The van der Waals surface area contributed by atoms with Gasteiger partial charge in [-0.2, -0.15) is 0 Å². The van der Waals surface area contributed by atoms with Crippen molar-refractivity contribution in [3.05, 3.63) is 57.9 Å². The van der Waals surface area contributed by atoms with E-state index in [1.165, 1.54) is 0 Å². The van der Waals surface area contributed by atoms with Gasteiger partial charge < -0.3 is 19.8 Å². The fraction of sp³-hybridized carbons (Fsp3) is 0.333. The average molecular weight is 481 g/mol. The number of H-pyrrole nitrogens is 1. The number of halogens is 2. The number of ether oxygens (including phenoxy) is 2. The second-order valence-electron chi connectivity index (χ2n) is 7.66. The molecule has 1 amide bonds. The van der Waals surface area contributed by atoms with Gasteiger partial charge in [0.05, 0.1) is 16.7 Å². The summed E-state index contributed by atoms with van der Waals surface area (Å²) in [6, 6.07) is 9.47. The molecule has 154 valence electrons. The number of pyridine rings is 1. The number of aromatic amines is 1. The molecule has 0 aliphatic heterocycles. The number of para-hydroxylation sites is 1. The van der Waals surface area contributed by atoms with Gasteiger partial charge in [0.1, 0.15) is 23.1 Å². The van der Waals surface area contributed by atoms with Gasteiger partial charge in [-0.05, 0) is 60.8 Å². The van der Waals surface area contributed by atoms with Crippen LogP contribution in [-0.4, -0.2) is 34.3 Å². The first-order chi connectivity index (χ1) is 13.7. The van der Waals surface area contributed by atoms with Crippen molar-refractivity contribution in [2.45, 2.75) is 38.8 Å². The Morgan fingerprint density at radius 1 is 1.34 bits per heavy atom. The van der Waals surface area contributed by atoms with E-state index >= 15 is 0 Å². The Labute approximate surface area is 183 Å². The number of rotatable bonds is 6. The van der Waals surface area contributed by atoms with Gasteiger partial charge >= 0.3 is 6.09 Å². The summed E-state index contributed by atoms with van der Waals surface area (Å²) in [5.41, 5.74) is 1.55. The minimum Gasteiger partial charge on any atom is -0.490 e. The number of aromatic nitrogens is 2. The third-order valence-electron chi connectivity index (χ3n) is 4.08. The molecule has 3 aromatic rings. The van der Waals surface area contributed by atoms with Crippen LogP contribution in [0.4, 0.5) is 4.79 Å². The number of alkyl carbamates (subject to hydrolysis) is 1. The lowest BCUT2D eigenvalue weighted by Crippen LogP contribution is -2.43. The maximum atomic E-state index is 12.3. The van der Waals surface area contributed by atoms with E-state index in [4.69, 9.17) is 21.1 Å². The van der Waals surface area contributed by atoms with Gasteiger partial charge in [0, 0.05) is 17.1 Å². The monoisotopic (exact) mass is 479 g/mol. The standard InChI is InChI=1S/C21H23BrClN3O3/c1-21(2,3)29-20(27)26-14(12-28-15-9-17(22)19(23)25-11-15)8-13-10-24-18-7-5-4-6-16(13)18/h4-7,9-11,14,24H,8,12H2,1-3H3,(H,26,27). The molecular weight excluding hydrogens is 458 g/mol. The normalized spacial score (nSPS) is 12.6. The summed E-state index contributed by atoms with van der Waals surface area (Å²) in [7, 11) is 0. The van der Waals surface area contributed by atoms with Crippen LogP contribution in [0.5, 0.6) is 5.75 Å². The van der Waals surface area contributed by atoms with Crippen molar-refractivity contribution in [1.82, 2.24) is 15.3 Å². The largest absolute Gasteiger partial charge is 0.490 e. The van der Waals surface area contributed by atoms with E-state index in [0.717, 1.165) is 16.5 Å². The quantitative estimate of drug-likeness (QED) is 0.457. The van der Waals surface area contributed by atoms with Crippen molar-refractivity contribution in [2.24, 2.45) is 0 Å². The maximum absolute atomic E-state index is 12.3. The van der Waals surface area contributed by atoms with E-state index in [-0.39, 0.29) is 12.6 Å². The van der Waals surface area contributed by atoms with E-state index in [9.17, 15) is 4.79 Å². The molecular formula is C21H23BrClN3O3. The first-order valence-electron chi connectivity index (χ1n) is 9.19. The fourth-order valence-electron chi connectivity index (χ4n) is 2.87. The zero-order valence-corrected chi connectivity index (χ0v) is 18.8. The maximum Gasteiger partial charge on any atom is 0.408 e. The van der Waals surface area contributed by atoms with Crippen LogP contribution in [0.3, 0.4) is 0 Å². The number of benzene rings is 1. The highest BCUT2D eigenvalue weighted by Gasteiger charge is 2.21. The number of nitrogens with zero attached hydrogens (tertiary/aromatic N) is 1. The van der Waals surface area contributed by atoms with Gasteiger partial charge in [0.25, 0.3) is 0 Å². The highest BCUT2D eigenvalue weighted by atomic mass is 79.9. The number of hydrogen-bond donors (Lipinski definition) is 2. The first kappa shape index (κ1) is 21.5. The van der Waals surface area contributed by atoms with Crippen LogP contribution < -0.4 is 10.1 Å². The molecule has 1 aromatic carbocycles. The van der Waals surface area contributed by atoms with E-state index < -0.39 is 11.7 Å². The summed E-state index contributed by atoms with van der Waals surface area (Å²) < 4.78 is 11.9. The third-order valence-corrected chi connectivity index (χ3v) is 5.22. The van der Waals surface area contributed by atoms with Gasteiger partial charge in [-0.15, -0.1) is 0 Å². The molecule has 0 saturated carbocycles. The molecule has 29 heavy (non-hydrogen) atoms. The Balaban J connectivity index is 1.75. The Hall–Kier alpha value is -2.25. The lowest BCUT2D eigenvalue weighted by Gasteiger charge is -2.24. The molecule has 0 aliphatic carbocycles. The minimum absolute atomic E-state index is 0.245. The SMILES string of the molecule is CC(C)(C)OC(=O)NC(COc1cnc(Cl)c(Br)c1)Cc1c[nH]c2ccccc12.